The fraction of sp³-hybridized carbons (Fsp3) is 0.0323. The van der Waals surface area contributed by atoms with Gasteiger partial charge in [-0.05, 0) is 83.4 Å². The molecule has 1 aliphatic carbocycles. The minimum absolute atomic E-state index is 0. The molecule has 4 aromatic rings. The summed E-state index contributed by atoms with van der Waals surface area (Å²) in [5.74, 6) is -0.706. The number of allylic oxidation sites excluding steroid dienone is 3. The number of aromatic nitrogens is 3. The molecule has 0 spiro atoms. The number of nitro groups is 1. The number of anilines is 1. The van der Waals surface area contributed by atoms with Crippen LogP contribution in [0.1, 0.15) is 18.1 Å². The molecule has 3 N–H and O–H groups in total. The van der Waals surface area contributed by atoms with Crippen molar-refractivity contribution in [2.75, 3.05) is 5.43 Å². The summed E-state index contributed by atoms with van der Waals surface area (Å²) in [5.41, 5.74) is -0.454. The van der Waals surface area contributed by atoms with Gasteiger partial charge in [0.1, 0.15) is 51.1 Å². The van der Waals surface area contributed by atoms with Crippen molar-refractivity contribution in [3.05, 3.63) is 116 Å². The second kappa shape index (κ2) is 24.1. The van der Waals surface area contributed by atoms with Gasteiger partial charge in [0, 0.05) is 13.0 Å². The van der Waals surface area contributed by atoms with Gasteiger partial charge in [0.2, 0.25) is 22.4 Å². The van der Waals surface area contributed by atoms with Crippen LogP contribution in [0, 0.1) is 10.1 Å². The molecular weight excluding hydrogens is 994 g/mol. The normalized spacial score (nSPS) is 14.8. The van der Waals surface area contributed by atoms with Crippen molar-refractivity contribution in [3.8, 4) is 0 Å². The number of hydrogen-bond acceptors (Lipinski definition) is 20. The zero-order valence-corrected chi connectivity index (χ0v) is 45.4. The van der Waals surface area contributed by atoms with E-state index < -0.39 is 93.2 Å². The molecule has 0 aliphatic heterocycles. The molecule has 0 atom stereocenters. The molecule has 0 unspecified atom stereocenters. The molecule has 0 saturated carbocycles. The molecule has 0 radical (unpaired) electrons. The van der Waals surface area contributed by atoms with E-state index >= 15 is 0 Å². The van der Waals surface area contributed by atoms with Crippen LogP contribution >= 0.6 is 11.6 Å². The van der Waals surface area contributed by atoms with E-state index in [1.807, 2.05) is 0 Å². The Morgan fingerprint density at radius 2 is 1.39 bits per heavy atom. The van der Waals surface area contributed by atoms with E-state index in [0.717, 1.165) is 43.3 Å². The topological polar surface area (TPSA) is 395 Å². The van der Waals surface area contributed by atoms with Gasteiger partial charge >= 0.3 is 118 Å². The van der Waals surface area contributed by atoms with Crippen LogP contribution < -0.4 is 135 Å². The fourth-order valence-corrected chi connectivity index (χ4v) is 7.51. The maximum absolute atomic E-state index is 12.2. The number of carbonyl (C=O) groups excluding carboxylic acids is 1. The number of hydrogen-bond donors (Lipinski definition) is 3. The van der Waals surface area contributed by atoms with Crippen molar-refractivity contribution in [2.45, 2.75) is 26.5 Å². The van der Waals surface area contributed by atoms with E-state index in [9.17, 15) is 66.8 Å². The summed E-state index contributed by atoms with van der Waals surface area (Å²) in [4.78, 5) is 39.0. The van der Waals surface area contributed by atoms with Gasteiger partial charge in [-0.3, -0.25) is 25.3 Å². The first-order chi connectivity index (χ1) is 27.8. The number of carbonyl (C=O) groups is 1. The quantitative estimate of drug-likeness (QED) is 0.0314. The molecule has 64 heavy (non-hydrogen) atoms. The summed E-state index contributed by atoms with van der Waals surface area (Å²) in [6.07, 6.45) is 6.03. The van der Waals surface area contributed by atoms with E-state index in [1.165, 1.54) is 24.3 Å². The van der Waals surface area contributed by atoms with Crippen LogP contribution in [0.5, 0.6) is 0 Å². The monoisotopic (exact) mass is 1010 g/mol. The van der Waals surface area contributed by atoms with Crippen LogP contribution in [0.3, 0.4) is 0 Å². The van der Waals surface area contributed by atoms with Crippen molar-refractivity contribution in [3.63, 3.8) is 0 Å². The van der Waals surface area contributed by atoms with Gasteiger partial charge in [0.15, 0.2) is 0 Å². The van der Waals surface area contributed by atoms with Crippen LogP contribution in [0.15, 0.2) is 118 Å². The Kier molecular flexibility index (Phi) is 22.4. The first kappa shape index (κ1) is 59.6. The predicted octanol–water partition coefficient (Wildman–Crippen LogP) is -10.9. The number of nitro benzene ring substituents is 1. The number of aromatic amines is 2. The van der Waals surface area contributed by atoms with Gasteiger partial charge < -0.3 is 23.2 Å². The van der Waals surface area contributed by atoms with Crippen molar-refractivity contribution in [1.29, 1.82) is 0 Å². The van der Waals surface area contributed by atoms with Crippen molar-refractivity contribution in [1.82, 2.24) is 15.0 Å². The van der Waals surface area contributed by atoms with Gasteiger partial charge in [-0.1, -0.05) is 18.2 Å². The second-order valence-electron chi connectivity index (χ2n) is 11.6. The summed E-state index contributed by atoms with van der Waals surface area (Å²) in [7, 11) is -20.8. The second-order valence-corrected chi connectivity index (χ2v) is 17.4. The Morgan fingerprint density at radius 3 is 1.97 bits per heavy atom. The molecule has 1 amide bonds. The predicted molar refractivity (Wildman–Crippen MR) is 202 cm³/mol. The summed E-state index contributed by atoms with van der Waals surface area (Å²) in [5, 5.41) is 14.9. The van der Waals surface area contributed by atoms with Gasteiger partial charge in [0.25, 0.3) is 5.69 Å². The standard InChI is InChI=1S/C31H24ClN9O15S4.4Na/c1-16(42)33-23-13-19(34-30-36-29(32)37-31(38-30)35-24-15-21(57(45,46)47)8-11-26(24)58(48,49)50)7-9-22(23)40-39-20-6-5-18(27(14-20)59(51,52)53)4-2-17-3-10-25(41(43)44)28(12-17)60(54,55)56;;;;/h2-15,39H,1H3,(H,45,46,47)(H,48,49,50)(H,51,52,53)(H,54,55,56)(H2,34,35,36,37,38);;;;/q;4*+1/p-4/b4-2+,33-23?,40-22?;;;;. The summed E-state index contributed by atoms with van der Waals surface area (Å²) in [6, 6.07) is 7.62. The minimum atomic E-state index is -5.28. The molecule has 33 heteroatoms. The van der Waals surface area contributed by atoms with Crippen LogP contribution in [-0.4, -0.2) is 89.1 Å². The summed E-state index contributed by atoms with van der Waals surface area (Å²) in [6.45, 7) is 1.11. The van der Waals surface area contributed by atoms with E-state index in [0.29, 0.717) is 24.3 Å². The first-order valence-electron chi connectivity index (χ1n) is 15.6. The van der Waals surface area contributed by atoms with Crippen LogP contribution in [0.4, 0.5) is 17.1 Å². The van der Waals surface area contributed by atoms with Crippen LogP contribution in [0.25, 0.3) is 12.2 Å². The molecular formula is C31H20ClN9Na4O15S4. The Bertz CT molecular complexity index is 3290. The molecule has 24 nitrogen and oxygen atoms in total. The Hall–Kier alpha value is -2.37. The zero-order valence-electron chi connectivity index (χ0n) is 33.4. The molecule has 3 aromatic carbocycles. The van der Waals surface area contributed by atoms with E-state index in [4.69, 9.17) is 11.6 Å². The van der Waals surface area contributed by atoms with E-state index in [1.54, 1.807) is 0 Å². The average Bonchev–Trinajstić information content (AvgIpc) is 3.11. The minimum Gasteiger partial charge on any atom is -0.744 e. The molecule has 0 saturated heterocycles. The number of amides is 1. The molecule has 1 aliphatic rings. The van der Waals surface area contributed by atoms with Crippen LogP contribution in [0.2, 0.25) is 5.28 Å². The Balaban J connectivity index is 0.00000512. The molecule has 1 aromatic heterocycles. The smallest absolute Gasteiger partial charge is 0.744 e. The number of rotatable bonds is 11. The third kappa shape index (κ3) is 16.4. The van der Waals surface area contributed by atoms with Gasteiger partial charge in [-0.25, -0.2) is 48.6 Å². The largest absolute Gasteiger partial charge is 1.00 e. The average molecular weight is 1010 g/mol. The van der Waals surface area contributed by atoms with Gasteiger partial charge in [0.05, 0.1) is 42.4 Å². The number of aliphatic imine (C=N–C) groups is 1. The maximum atomic E-state index is 12.2. The third-order valence-corrected chi connectivity index (χ3v) is 11.0. The molecule has 1 heterocycles. The van der Waals surface area contributed by atoms with Crippen molar-refractivity contribution in [2.24, 2.45) is 20.1 Å². The van der Waals surface area contributed by atoms with Crippen molar-refractivity contribution < 1.29 is 180 Å². The number of H-pyrrole nitrogens is 2. The molecule has 5 rings (SSSR count). The third-order valence-electron chi connectivity index (χ3n) is 7.34. The van der Waals surface area contributed by atoms with Gasteiger partial charge in [-0.15, -0.1) is 0 Å². The number of halogens is 1. The number of benzene rings is 3. The Labute approximate surface area is 455 Å². The summed E-state index contributed by atoms with van der Waals surface area (Å²) >= 11 is 6.04. The van der Waals surface area contributed by atoms with Crippen LogP contribution in [-0.2, 0) is 45.3 Å². The fourth-order valence-electron chi connectivity index (χ4n) is 4.88. The number of nitrogens with one attached hydrogen (secondary N) is 3. The van der Waals surface area contributed by atoms with Crippen molar-refractivity contribution >= 4 is 98.6 Å². The molecule has 314 valence electrons. The SMILES string of the molecule is CC(=O)N=C1C=C(N=c2nc(Cl)[nH]c(=Nc3cc(S(=O)(=O)[O-])ccc3S(=O)(=O)[O-])[nH]2)C=CC1=NNc1ccc(/C=C/c2ccc([N+](=O)[O-])c(S(=O)(=O)[O-])c2)c(S(=O)(=O)[O-])c1.[Na+].[Na+].[Na+].[Na+]. The van der Waals surface area contributed by atoms with E-state index in [2.05, 4.69) is 40.5 Å². The summed E-state index contributed by atoms with van der Waals surface area (Å²) < 4.78 is 141. The number of hydrazone groups is 1. The maximum Gasteiger partial charge on any atom is 1.00 e. The number of nitrogens with zero attached hydrogens (tertiary/aromatic N) is 6. The Morgan fingerprint density at radius 1 is 0.750 bits per heavy atom. The van der Waals surface area contributed by atoms with E-state index in [-0.39, 0.29) is 158 Å². The van der Waals surface area contributed by atoms with Gasteiger partial charge in [-0.2, -0.15) is 10.1 Å². The molecule has 0 bridgehead atoms. The zero-order chi connectivity index (χ0) is 44.4. The first-order valence-corrected chi connectivity index (χ1v) is 21.7. The molecule has 0 fully saturated rings.